The minimum Gasteiger partial charge on any atom is -0.490 e. The number of carboxylic acids is 1. The first-order chi connectivity index (χ1) is 21.0. The van der Waals surface area contributed by atoms with Crippen molar-refractivity contribution in [3.8, 4) is 17.4 Å². The quantitative estimate of drug-likeness (QED) is 0.216. The minimum atomic E-state index is -1.09. The zero-order chi connectivity index (χ0) is 29.9. The fourth-order valence-corrected chi connectivity index (χ4v) is 5.63. The first kappa shape index (κ1) is 30.1. The predicted octanol–water partition coefficient (Wildman–Crippen LogP) is 8.96. The lowest BCUT2D eigenvalue weighted by Gasteiger charge is -2.20. The van der Waals surface area contributed by atoms with E-state index >= 15 is 0 Å². The second-order valence-corrected chi connectivity index (χ2v) is 11.4. The molecule has 4 aromatic rings. The second kappa shape index (κ2) is 15.2. The van der Waals surface area contributed by atoms with Gasteiger partial charge in [-0.25, -0.2) is 9.78 Å². The van der Waals surface area contributed by atoms with E-state index in [1.165, 1.54) is 63.9 Å². The van der Waals surface area contributed by atoms with E-state index in [0.29, 0.717) is 17.2 Å². The lowest BCUT2D eigenvalue weighted by molar-refractivity contribution is -0.115. The summed E-state index contributed by atoms with van der Waals surface area (Å²) in [4.78, 5) is 28.2. The molecule has 0 unspecified atom stereocenters. The second-order valence-electron chi connectivity index (χ2n) is 11.4. The van der Waals surface area contributed by atoms with E-state index in [1.54, 1.807) is 36.5 Å². The molecule has 0 radical (unpaired) electrons. The molecule has 1 aliphatic rings. The zero-order valence-electron chi connectivity index (χ0n) is 24.6. The van der Waals surface area contributed by atoms with Crippen molar-refractivity contribution in [2.75, 3.05) is 5.32 Å². The first-order valence-corrected chi connectivity index (χ1v) is 15.5. The number of hydrogen-bond acceptors (Lipinski definition) is 5. The molecular weight excluding hydrogens is 540 g/mol. The average Bonchev–Trinajstić information content (AvgIpc) is 3.00. The van der Waals surface area contributed by atoms with E-state index in [0.717, 1.165) is 29.4 Å². The number of fused-ring (bicyclic) bond motifs is 1. The van der Waals surface area contributed by atoms with Gasteiger partial charge in [-0.05, 0) is 78.4 Å². The smallest absolute Gasteiger partial charge is 0.337 e. The number of nitrogens with one attached hydrogen (secondary N) is 1. The number of carbonyl (C=O) groups excluding carboxylic acids is 1. The standard InChI is InChI=1S/C36H40N2O5/c39-34(38-33-15-11-10-14-32(33)36(40)41)22-26-16-21-35(37-25-26)43-31-20-18-27-23-30(19-17-28(27)24-31)42-29-12-8-6-4-2-1-3-5-7-9-13-29/h10-11,14-21,23-25,29H,1-9,12-13,22H2,(H,38,39)(H,40,41). The minimum absolute atomic E-state index is 0.0447. The van der Waals surface area contributed by atoms with Gasteiger partial charge in [0.1, 0.15) is 11.5 Å². The van der Waals surface area contributed by atoms with Crippen LogP contribution < -0.4 is 14.8 Å². The number of para-hydroxylation sites is 1. The van der Waals surface area contributed by atoms with Crippen molar-refractivity contribution >= 4 is 28.3 Å². The molecule has 1 saturated carbocycles. The van der Waals surface area contributed by atoms with Crippen LogP contribution in [0.3, 0.4) is 0 Å². The molecular formula is C36H40N2O5. The van der Waals surface area contributed by atoms with Gasteiger partial charge in [0.05, 0.1) is 23.8 Å². The van der Waals surface area contributed by atoms with Crippen LogP contribution in [0.4, 0.5) is 5.69 Å². The number of aromatic nitrogens is 1. The summed E-state index contributed by atoms with van der Waals surface area (Å²) < 4.78 is 12.5. The summed E-state index contributed by atoms with van der Waals surface area (Å²) in [6.07, 6.45) is 16.1. The van der Waals surface area contributed by atoms with E-state index in [-0.39, 0.29) is 29.7 Å². The Balaban J connectivity index is 1.16. The lowest BCUT2D eigenvalue weighted by atomic mass is 9.99. The summed E-state index contributed by atoms with van der Waals surface area (Å²) in [6.45, 7) is 0. The number of nitrogens with zero attached hydrogens (tertiary/aromatic N) is 1. The van der Waals surface area contributed by atoms with Gasteiger partial charge < -0.3 is 19.9 Å². The molecule has 5 rings (SSSR count). The van der Waals surface area contributed by atoms with Gasteiger partial charge in [0.25, 0.3) is 0 Å². The molecule has 1 heterocycles. The summed E-state index contributed by atoms with van der Waals surface area (Å²) in [6, 6.07) is 22.0. The van der Waals surface area contributed by atoms with Crippen LogP contribution in [-0.2, 0) is 11.2 Å². The van der Waals surface area contributed by atoms with Crippen molar-refractivity contribution in [3.63, 3.8) is 0 Å². The van der Waals surface area contributed by atoms with Crippen LogP contribution in [0.2, 0.25) is 0 Å². The Kier molecular flexibility index (Phi) is 10.6. The highest BCUT2D eigenvalue weighted by molar-refractivity contribution is 6.01. The van der Waals surface area contributed by atoms with E-state index < -0.39 is 5.97 Å². The van der Waals surface area contributed by atoms with Gasteiger partial charge in [-0.1, -0.05) is 75.3 Å². The number of benzene rings is 3. The summed E-state index contributed by atoms with van der Waals surface area (Å²) >= 11 is 0. The number of pyridine rings is 1. The van der Waals surface area contributed by atoms with Crippen LogP contribution in [0.25, 0.3) is 10.8 Å². The number of rotatable bonds is 8. The van der Waals surface area contributed by atoms with Crippen molar-refractivity contribution < 1.29 is 24.2 Å². The number of aromatic carboxylic acids is 1. The van der Waals surface area contributed by atoms with Crippen molar-refractivity contribution in [1.29, 1.82) is 0 Å². The normalized spacial score (nSPS) is 15.2. The molecule has 1 aliphatic carbocycles. The SMILES string of the molecule is O=C(Cc1ccc(Oc2ccc3cc(OC4CCCCCCCCCCC4)ccc3c2)nc1)Nc1ccccc1C(=O)O. The van der Waals surface area contributed by atoms with E-state index in [2.05, 4.69) is 28.5 Å². The Hall–Kier alpha value is -4.39. The van der Waals surface area contributed by atoms with Crippen molar-refractivity contribution in [3.05, 3.63) is 90.1 Å². The number of carbonyl (C=O) groups is 2. The molecule has 0 aliphatic heterocycles. The van der Waals surface area contributed by atoms with Gasteiger partial charge in [0.15, 0.2) is 0 Å². The van der Waals surface area contributed by atoms with Gasteiger partial charge in [-0.2, -0.15) is 0 Å². The third-order valence-electron chi connectivity index (χ3n) is 7.95. The van der Waals surface area contributed by atoms with E-state index in [9.17, 15) is 14.7 Å². The Morgan fingerprint density at radius 2 is 1.40 bits per heavy atom. The van der Waals surface area contributed by atoms with Gasteiger partial charge in [0.2, 0.25) is 11.8 Å². The number of carboxylic acid groups (broad SMARTS) is 1. The molecule has 0 atom stereocenters. The molecule has 1 fully saturated rings. The van der Waals surface area contributed by atoms with Crippen LogP contribution in [0.5, 0.6) is 17.4 Å². The highest BCUT2D eigenvalue weighted by Crippen LogP contribution is 2.29. The molecule has 1 aromatic heterocycles. The Labute approximate surface area is 253 Å². The Morgan fingerprint density at radius 1 is 0.767 bits per heavy atom. The molecule has 1 amide bonds. The lowest BCUT2D eigenvalue weighted by Crippen LogP contribution is -2.16. The van der Waals surface area contributed by atoms with Gasteiger partial charge in [-0.15, -0.1) is 0 Å². The van der Waals surface area contributed by atoms with Crippen LogP contribution >= 0.6 is 0 Å². The van der Waals surface area contributed by atoms with Crippen LogP contribution in [0.15, 0.2) is 79.0 Å². The highest BCUT2D eigenvalue weighted by Gasteiger charge is 2.14. The number of hydrogen-bond donors (Lipinski definition) is 2. The molecule has 0 spiro atoms. The molecule has 0 bridgehead atoms. The van der Waals surface area contributed by atoms with Crippen molar-refractivity contribution in [1.82, 2.24) is 4.98 Å². The monoisotopic (exact) mass is 580 g/mol. The molecule has 43 heavy (non-hydrogen) atoms. The van der Waals surface area contributed by atoms with E-state index in [1.807, 2.05) is 18.2 Å². The molecule has 7 nitrogen and oxygen atoms in total. The third kappa shape index (κ3) is 9.05. The largest absolute Gasteiger partial charge is 0.490 e. The van der Waals surface area contributed by atoms with Crippen LogP contribution in [0.1, 0.15) is 86.6 Å². The maximum absolute atomic E-state index is 12.5. The van der Waals surface area contributed by atoms with Gasteiger partial charge in [-0.3, -0.25) is 4.79 Å². The molecule has 2 N–H and O–H groups in total. The van der Waals surface area contributed by atoms with Gasteiger partial charge in [0, 0.05) is 12.3 Å². The number of anilines is 1. The van der Waals surface area contributed by atoms with Crippen LogP contribution in [0, 0.1) is 0 Å². The van der Waals surface area contributed by atoms with Gasteiger partial charge >= 0.3 is 5.97 Å². The van der Waals surface area contributed by atoms with Crippen molar-refractivity contribution in [2.24, 2.45) is 0 Å². The number of amides is 1. The molecule has 7 heteroatoms. The molecule has 224 valence electrons. The maximum atomic E-state index is 12.5. The fourth-order valence-electron chi connectivity index (χ4n) is 5.63. The Morgan fingerprint density at radius 3 is 2.05 bits per heavy atom. The molecule has 0 saturated heterocycles. The first-order valence-electron chi connectivity index (χ1n) is 15.5. The topological polar surface area (TPSA) is 97.8 Å². The summed E-state index contributed by atoms with van der Waals surface area (Å²) in [5, 5.41) is 14.1. The van der Waals surface area contributed by atoms with E-state index in [4.69, 9.17) is 9.47 Å². The Bertz CT molecular complexity index is 1510. The maximum Gasteiger partial charge on any atom is 0.337 e. The molecule has 3 aromatic carbocycles. The summed E-state index contributed by atoms with van der Waals surface area (Å²) in [7, 11) is 0. The zero-order valence-corrected chi connectivity index (χ0v) is 24.6. The predicted molar refractivity (Wildman–Crippen MR) is 169 cm³/mol. The summed E-state index contributed by atoms with van der Waals surface area (Å²) in [5.41, 5.74) is 0.993. The number of ether oxygens (including phenoxy) is 2. The van der Waals surface area contributed by atoms with Crippen LogP contribution in [-0.4, -0.2) is 28.1 Å². The average molecular weight is 581 g/mol. The third-order valence-corrected chi connectivity index (χ3v) is 7.95. The highest BCUT2D eigenvalue weighted by atomic mass is 16.5. The van der Waals surface area contributed by atoms with Crippen molar-refractivity contribution in [2.45, 2.75) is 83.2 Å². The summed E-state index contributed by atoms with van der Waals surface area (Å²) in [5.74, 6) is 0.591. The fraction of sp³-hybridized carbons (Fsp3) is 0.361.